The zero-order valence-corrected chi connectivity index (χ0v) is 19.9. The Labute approximate surface area is 198 Å². The van der Waals surface area contributed by atoms with Crippen LogP contribution in [0.5, 0.6) is 0 Å². The van der Waals surface area contributed by atoms with Crippen molar-refractivity contribution < 1.29 is 29.1 Å². The van der Waals surface area contributed by atoms with E-state index in [4.69, 9.17) is 22.9 Å². The summed E-state index contributed by atoms with van der Waals surface area (Å²) in [6.07, 6.45) is 0.565. The Morgan fingerprint density at radius 1 is 0.882 bits per heavy atom. The molecule has 0 radical (unpaired) electrons. The summed E-state index contributed by atoms with van der Waals surface area (Å²) in [6, 6.07) is -4.36. The monoisotopic (exact) mass is 486 g/mol. The summed E-state index contributed by atoms with van der Waals surface area (Å²) in [5.74, 6) is -4.29. The minimum atomic E-state index is -1.39. The molecule has 194 valence electrons. The minimum absolute atomic E-state index is 0.0730. The highest BCUT2D eigenvalue weighted by molar-refractivity contribution is 5.94. The van der Waals surface area contributed by atoms with Crippen molar-refractivity contribution in [1.29, 1.82) is 0 Å². The topological polar surface area (TPSA) is 258 Å². The molecule has 0 spiro atoms. The van der Waals surface area contributed by atoms with Gasteiger partial charge in [0, 0.05) is 13.0 Å². The molecule has 4 amide bonds. The number of amides is 4. The van der Waals surface area contributed by atoms with Gasteiger partial charge in [-0.2, -0.15) is 0 Å². The van der Waals surface area contributed by atoms with Gasteiger partial charge in [-0.1, -0.05) is 20.3 Å². The first-order chi connectivity index (χ1) is 15.8. The highest BCUT2D eigenvalue weighted by atomic mass is 16.4. The predicted molar refractivity (Wildman–Crippen MR) is 125 cm³/mol. The fourth-order valence-electron chi connectivity index (χ4n) is 2.77. The summed E-state index contributed by atoms with van der Waals surface area (Å²) in [5, 5.41) is 16.6. The third-order valence-corrected chi connectivity index (χ3v) is 5.18. The van der Waals surface area contributed by atoms with Crippen LogP contribution in [-0.4, -0.2) is 71.4 Å². The third-order valence-electron chi connectivity index (χ3n) is 5.18. The molecule has 0 fully saturated rings. The van der Waals surface area contributed by atoms with Gasteiger partial charge in [-0.15, -0.1) is 0 Å². The molecular weight excluding hydrogens is 448 g/mol. The van der Waals surface area contributed by atoms with E-state index in [9.17, 15) is 29.1 Å². The second kappa shape index (κ2) is 15.4. The van der Waals surface area contributed by atoms with Crippen molar-refractivity contribution >= 4 is 35.6 Å². The maximum Gasteiger partial charge on any atom is 0.326 e. The fourth-order valence-corrected chi connectivity index (χ4v) is 2.77. The Hall–Kier alpha value is -3.42. The van der Waals surface area contributed by atoms with Gasteiger partial charge in [0.2, 0.25) is 23.6 Å². The molecule has 0 heterocycles. The number of rotatable bonds is 16. The molecule has 5 atom stereocenters. The Morgan fingerprint density at radius 3 is 1.97 bits per heavy atom. The second-order valence-corrected chi connectivity index (χ2v) is 8.06. The SMILES string of the molecule is CCC(C)C(N)C(=O)NC(C)C(=O)NC(CCCN=C(N)N)C(=O)NC(CCC(N)=O)C(=O)O. The first-order valence-electron chi connectivity index (χ1n) is 11.0. The Morgan fingerprint density at radius 2 is 1.47 bits per heavy atom. The number of hydrogen-bond acceptors (Lipinski definition) is 7. The van der Waals surface area contributed by atoms with Gasteiger partial charge in [0.05, 0.1) is 6.04 Å². The molecule has 0 saturated heterocycles. The number of aliphatic imine (C=N–C) groups is 1. The predicted octanol–water partition coefficient (Wildman–Crippen LogP) is -2.76. The van der Waals surface area contributed by atoms with Crippen molar-refractivity contribution in [3.63, 3.8) is 0 Å². The van der Waals surface area contributed by atoms with Crippen LogP contribution < -0.4 is 38.9 Å². The summed E-state index contributed by atoms with van der Waals surface area (Å²) in [6.45, 7) is 5.29. The van der Waals surface area contributed by atoms with Crippen molar-refractivity contribution in [2.24, 2.45) is 33.8 Å². The molecule has 0 bridgehead atoms. The van der Waals surface area contributed by atoms with Crippen LogP contribution in [0.1, 0.15) is 52.9 Å². The lowest BCUT2D eigenvalue weighted by molar-refractivity contribution is -0.142. The number of nitrogens with two attached hydrogens (primary N) is 4. The first-order valence-corrected chi connectivity index (χ1v) is 11.0. The summed E-state index contributed by atoms with van der Waals surface area (Å²) in [7, 11) is 0. The van der Waals surface area contributed by atoms with Gasteiger partial charge in [0.1, 0.15) is 18.1 Å². The third kappa shape index (κ3) is 12.0. The number of carbonyl (C=O) groups is 5. The van der Waals surface area contributed by atoms with Crippen LogP contribution in [-0.2, 0) is 24.0 Å². The molecule has 0 aromatic heterocycles. The molecule has 0 saturated carbocycles. The number of carboxylic acid groups (broad SMARTS) is 1. The maximum atomic E-state index is 12.7. The van der Waals surface area contributed by atoms with Gasteiger partial charge < -0.3 is 44.0 Å². The lowest BCUT2D eigenvalue weighted by atomic mass is 9.99. The van der Waals surface area contributed by atoms with Crippen molar-refractivity contribution in [2.75, 3.05) is 6.54 Å². The Bertz CT molecular complexity index is 755. The van der Waals surface area contributed by atoms with Crippen molar-refractivity contribution in [2.45, 2.75) is 77.0 Å². The molecule has 12 N–H and O–H groups in total. The second-order valence-electron chi connectivity index (χ2n) is 8.06. The van der Waals surface area contributed by atoms with Crippen molar-refractivity contribution in [3.05, 3.63) is 0 Å². The maximum absolute atomic E-state index is 12.7. The first kappa shape index (κ1) is 30.6. The molecule has 0 aliphatic rings. The number of guanidine groups is 1. The van der Waals surface area contributed by atoms with Crippen molar-refractivity contribution in [1.82, 2.24) is 16.0 Å². The van der Waals surface area contributed by atoms with Crippen LogP contribution in [0.25, 0.3) is 0 Å². The van der Waals surface area contributed by atoms with Gasteiger partial charge in [0.15, 0.2) is 5.96 Å². The van der Waals surface area contributed by atoms with Gasteiger partial charge in [-0.25, -0.2) is 4.79 Å². The largest absolute Gasteiger partial charge is 0.480 e. The molecule has 14 nitrogen and oxygen atoms in total. The number of aliphatic carboxylic acids is 1. The smallest absolute Gasteiger partial charge is 0.326 e. The number of nitrogens with zero attached hydrogens (tertiary/aromatic N) is 1. The normalized spacial score (nSPS) is 15.1. The van der Waals surface area contributed by atoms with Crippen LogP contribution >= 0.6 is 0 Å². The van der Waals surface area contributed by atoms with E-state index < -0.39 is 53.8 Å². The van der Waals surface area contributed by atoms with Crippen LogP contribution in [0.4, 0.5) is 0 Å². The van der Waals surface area contributed by atoms with Gasteiger partial charge in [0.25, 0.3) is 0 Å². The lowest BCUT2D eigenvalue weighted by Gasteiger charge is -2.24. The molecule has 34 heavy (non-hydrogen) atoms. The van der Waals surface area contributed by atoms with E-state index in [1.54, 1.807) is 0 Å². The minimum Gasteiger partial charge on any atom is -0.480 e. The summed E-state index contributed by atoms with van der Waals surface area (Å²) in [5.41, 5.74) is 21.5. The van der Waals surface area contributed by atoms with E-state index in [1.807, 2.05) is 13.8 Å². The highest BCUT2D eigenvalue weighted by Gasteiger charge is 2.29. The summed E-state index contributed by atoms with van der Waals surface area (Å²) >= 11 is 0. The molecule has 0 aromatic carbocycles. The Kier molecular flexibility index (Phi) is 13.9. The summed E-state index contributed by atoms with van der Waals surface area (Å²) in [4.78, 5) is 63.9. The van der Waals surface area contributed by atoms with E-state index in [0.717, 1.165) is 0 Å². The van der Waals surface area contributed by atoms with Crippen molar-refractivity contribution in [3.8, 4) is 0 Å². The van der Waals surface area contributed by atoms with E-state index in [2.05, 4.69) is 20.9 Å². The molecule has 0 aliphatic carbocycles. The van der Waals surface area contributed by atoms with Crippen LogP contribution in [0.3, 0.4) is 0 Å². The molecule has 0 aliphatic heterocycles. The van der Waals surface area contributed by atoms with Crippen LogP contribution in [0, 0.1) is 5.92 Å². The Balaban J connectivity index is 5.31. The zero-order chi connectivity index (χ0) is 26.4. The standard InChI is InChI=1S/C20H38N8O6/c1-4-10(2)15(22)18(32)26-11(3)16(30)27-12(6-5-9-25-20(23)24)17(31)28-13(19(33)34)7-8-14(21)29/h10-13,15H,4-9,22H2,1-3H3,(H2,21,29)(H,26,32)(H,27,30)(H,28,31)(H,33,34)(H4,23,24,25). The van der Waals surface area contributed by atoms with Gasteiger partial charge in [-0.3, -0.25) is 24.2 Å². The lowest BCUT2D eigenvalue weighted by Crippen LogP contribution is -2.56. The number of hydrogen-bond donors (Lipinski definition) is 8. The number of nitrogens with one attached hydrogen (secondary N) is 3. The quantitative estimate of drug-likeness (QED) is 0.0637. The van der Waals surface area contributed by atoms with E-state index in [0.29, 0.717) is 6.42 Å². The summed E-state index contributed by atoms with van der Waals surface area (Å²) < 4.78 is 0. The number of primary amides is 1. The van der Waals surface area contributed by atoms with E-state index in [1.165, 1.54) is 6.92 Å². The molecule has 0 rings (SSSR count). The van der Waals surface area contributed by atoms with Gasteiger partial charge in [-0.05, 0) is 32.1 Å². The molecule has 5 unspecified atom stereocenters. The number of carboxylic acids is 1. The number of carbonyl (C=O) groups excluding carboxylic acids is 4. The average Bonchev–Trinajstić information content (AvgIpc) is 2.76. The molecule has 14 heteroatoms. The average molecular weight is 487 g/mol. The van der Waals surface area contributed by atoms with Crippen LogP contribution in [0.2, 0.25) is 0 Å². The van der Waals surface area contributed by atoms with E-state index in [-0.39, 0.29) is 44.1 Å². The fraction of sp³-hybridized carbons (Fsp3) is 0.700. The van der Waals surface area contributed by atoms with E-state index >= 15 is 0 Å². The molecular formula is C20H38N8O6. The zero-order valence-electron chi connectivity index (χ0n) is 19.9. The van der Waals surface area contributed by atoms with Crippen LogP contribution in [0.15, 0.2) is 4.99 Å². The molecule has 0 aromatic rings. The van der Waals surface area contributed by atoms with Gasteiger partial charge >= 0.3 is 5.97 Å². The highest BCUT2D eigenvalue weighted by Crippen LogP contribution is 2.06.